The summed E-state index contributed by atoms with van der Waals surface area (Å²) in [7, 11) is 1.82. The zero-order chi connectivity index (χ0) is 21.5. The van der Waals surface area contributed by atoms with E-state index < -0.39 is 0 Å². The molecule has 0 aliphatic carbocycles. The number of hydrogen-bond donors (Lipinski definition) is 0. The van der Waals surface area contributed by atoms with E-state index in [1.54, 1.807) is 6.08 Å². The Morgan fingerprint density at radius 2 is 1.86 bits per heavy atom. The molecule has 0 aromatic carbocycles. The van der Waals surface area contributed by atoms with Crippen molar-refractivity contribution in [2.45, 2.75) is 73.6 Å². The average molecular weight is 617 g/mol. The molecule has 0 amide bonds. The third kappa shape index (κ3) is 23.6. The van der Waals surface area contributed by atoms with E-state index in [1.807, 2.05) is 27.8 Å². The average Bonchev–Trinajstić information content (AvgIpc) is 2.66. The van der Waals surface area contributed by atoms with Gasteiger partial charge in [-0.25, -0.2) is 0 Å². The minimum atomic E-state index is 0. The number of ether oxygens (including phenoxy) is 1. The molecule has 0 aromatic heterocycles. The van der Waals surface area contributed by atoms with Crippen molar-refractivity contribution in [3.05, 3.63) is 60.7 Å². The van der Waals surface area contributed by atoms with Gasteiger partial charge >= 0.3 is 31.1 Å². The summed E-state index contributed by atoms with van der Waals surface area (Å²) in [6.07, 6.45) is 11.9. The number of morpholine rings is 1. The van der Waals surface area contributed by atoms with Crippen molar-refractivity contribution in [3.8, 4) is 0 Å². The van der Waals surface area contributed by atoms with Gasteiger partial charge in [0.25, 0.3) is 0 Å². The molecule has 1 fully saturated rings. The summed E-state index contributed by atoms with van der Waals surface area (Å²) < 4.78 is 5.63. The van der Waals surface area contributed by atoms with Crippen LogP contribution in [0.5, 0.6) is 0 Å². The first kappa shape index (κ1) is 35.0. The Labute approximate surface area is 201 Å². The minimum Gasteiger partial charge on any atom is -0.648 e. The SMILES string of the molecule is C=C1CO/C(=C/C=C(\C)CCC)CN1C[N-]C.C=CC.CC.[CH2-]CCCC.[U+2]. The molecule has 0 N–H and O–H groups in total. The van der Waals surface area contributed by atoms with E-state index in [9.17, 15) is 0 Å². The van der Waals surface area contributed by atoms with Gasteiger partial charge in [-0.1, -0.05) is 77.9 Å². The summed E-state index contributed by atoms with van der Waals surface area (Å²) in [4.78, 5) is 2.14. The Kier molecular flexibility index (Phi) is 36.0. The van der Waals surface area contributed by atoms with Crippen LogP contribution in [0, 0.1) is 38.0 Å². The van der Waals surface area contributed by atoms with Gasteiger partial charge in [-0.05, 0) is 26.3 Å². The van der Waals surface area contributed by atoms with Crippen LogP contribution < -0.4 is 0 Å². The Morgan fingerprint density at radius 3 is 2.25 bits per heavy atom. The Hall–Kier alpha value is -0.428. The molecule has 0 radical (unpaired) electrons. The summed E-state index contributed by atoms with van der Waals surface area (Å²) in [6, 6.07) is 0. The second kappa shape index (κ2) is 28.8. The maximum absolute atomic E-state index is 5.63. The van der Waals surface area contributed by atoms with Crippen molar-refractivity contribution < 1.29 is 35.9 Å². The first-order chi connectivity index (χ1) is 13.0. The maximum atomic E-state index is 5.63. The van der Waals surface area contributed by atoms with Gasteiger partial charge in [-0.3, -0.25) is 0 Å². The molecule has 1 saturated heterocycles. The molecule has 28 heavy (non-hydrogen) atoms. The van der Waals surface area contributed by atoms with Gasteiger partial charge in [0.1, 0.15) is 12.4 Å². The number of nitrogens with zero attached hydrogens (tertiary/aromatic N) is 2. The second-order valence-electron chi connectivity index (χ2n) is 6.02. The monoisotopic (exact) mass is 616 g/mol. The Balaban J connectivity index is -0.000000221. The van der Waals surface area contributed by atoms with Crippen molar-refractivity contribution in [1.29, 1.82) is 0 Å². The van der Waals surface area contributed by atoms with E-state index in [0.29, 0.717) is 13.3 Å². The van der Waals surface area contributed by atoms with E-state index in [0.717, 1.165) is 30.8 Å². The van der Waals surface area contributed by atoms with Gasteiger partial charge < -0.3 is 21.9 Å². The van der Waals surface area contributed by atoms with Crippen LogP contribution in [0.4, 0.5) is 0 Å². The largest absolute Gasteiger partial charge is 2.00 e. The molecule has 1 heterocycles. The number of hydrogen-bond acceptors (Lipinski definition) is 2. The molecule has 1 aliphatic rings. The summed E-state index contributed by atoms with van der Waals surface area (Å²) in [5.41, 5.74) is 2.39. The quantitative estimate of drug-likeness (QED) is 0.217. The number of rotatable bonds is 7. The molecule has 0 bridgehead atoms. The van der Waals surface area contributed by atoms with Crippen molar-refractivity contribution in [1.82, 2.24) is 4.90 Å². The van der Waals surface area contributed by atoms with E-state index in [1.165, 1.54) is 24.8 Å². The van der Waals surface area contributed by atoms with Gasteiger partial charge in [0.15, 0.2) is 0 Å². The summed E-state index contributed by atoms with van der Waals surface area (Å²) in [6.45, 7) is 25.4. The van der Waals surface area contributed by atoms with E-state index in [-0.39, 0.29) is 31.1 Å². The van der Waals surface area contributed by atoms with Crippen LogP contribution in [0.3, 0.4) is 0 Å². The van der Waals surface area contributed by atoms with Gasteiger partial charge in [-0.2, -0.15) is 13.5 Å². The fourth-order valence-corrected chi connectivity index (χ4v) is 2.00. The summed E-state index contributed by atoms with van der Waals surface area (Å²) in [5.74, 6) is 0.997. The van der Waals surface area contributed by atoms with Crippen LogP contribution in [-0.4, -0.2) is 31.8 Å². The topological polar surface area (TPSA) is 26.6 Å². The predicted octanol–water partition coefficient (Wildman–Crippen LogP) is 7.65. The van der Waals surface area contributed by atoms with Crippen LogP contribution >= 0.6 is 0 Å². The molecule has 0 atom stereocenters. The van der Waals surface area contributed by atoms with E-state index in [4.69, 9.17) is 4.74 Å². The molecule has 0 saturated carbocycles. The minimum absolute atomic E-state index is 0. The Bertz CT molecular complexity index is 401. The summed E-state index contributed by atoms with van der Waals surface area (Å²) in [5, 5.41) is 4.14. The zero-order valence-electron chi connectivity index (χ0n) is 19.8. The van der Waals surface area contributed by atoms with Crippen LogP contribution in [0.1, 0.15) is 73.6 Å². The van der Waals surface area contributed by atoms with Crippen LogP contribution in [0.25, 0.3) is 5.32 Å². The van der Waals surface area contributed by atoms with E-state index in [2.05, 4.69) is 63.2 Å². The zero-order valence-corrected chi connectivity index (χ0v) is 24.0. The van der Waals surface area contributed by atoms with Crippen molar-refractivity contribution in [2.75, 3.05) is 26.9 Å². The molecular formula is C24H46N2OU. The van der Waals surface area contributed by atoms with Crippen molar-refractivity contribution in [2.24, 2.45) is 0 Å². The first-order valence-corrected chi connectivity index (χ1v) is 10.3. The molecule has 162 valence electrons. The Morgan fingerprint density at radius 1 is 1.29 bits per heavy atom. The fraction of sp³-hybridized carbons (Fsp3) is 0.625. The fourth-order valence-electron chi connectivity index (χ4n) is 2.00. The third-order valence-electron chi connectivity index (χ3n) is 3.33. The molecule has 3 nitrogen and oxygen atoms in total. The van der Waals surface area contributed by atoms with Crippen LogP contribution in [0.15, 0.2) is 48.4 Å². The molecule has 1 aliphatic heterocycles. The predicted molar refractivity (Wildman–Crippen MR) is 125 cm³/mol. The normalized spacial score (nSPS) is 14.1. The van der Waals surface area contributed by atoms with Crippen molar-refractivity contribution >= 4 is 0 Å². The molecule has 0 aromatic rings. The maximum Gasteiger partial charge on any atom is 2.00 e. The summed E-state index contributed by atoms with van der Waals surface area (Å²) >= 11 is 0. The molecule has 0 spiro atoms. The molecule has 0 unspecified atom stereocenters. The molecular weight excluding hydrogens is 570 g/mol. The van der Waals surface area contributed by atoms with Crippen LogP contribution in [0.2, 0.25) is 0 Å². The van der Waals surface area contributed by atoms with Gasteiger partial charge in [0, 0.05) is 5.70 Å². The van der Waals surface area contributed by atoms with Crippen LogP contribution in [-0.2, 0) is 4.74 Å². The third-order valence-corrected chi connectivity index (χ3v) is 3.33. The van der Waals surface area contributed by atoms with E-state index >= 15 is 0 Å². The smallest absolute Gasteiger partial charge is 0.648 e. The van der Waals surface area contributed by atoms with Crippen molar-refractivity contribution in [3.63, 3.8) is 0 Å². The first-order valence-electron chi connectivity index (χ1n) is 10.3. The molecule has 1 rings (SSSR count). The van der Waals surface area contributed by atoms with Gasteiger partial charge in [0.2, 0.25) is 0 Å². The van der Waals surface area contributed by atoms with Gasteiger partial charge in [-0.15, -0.1) is 6.58 Å². The standard InChI is InChI=1S/C14H23N2O.C5H11.C3H6.C2H6.U/c1-5-6-12(2)7-8-14-9-16(11-15-4)13(3)10-17-14;1-3-5-4-2;1-3-2;1-2;/h7-8H,3,5-6,9-11H2,1-2,4H3;1,3-5H2,2H3;3H,1H2,2H3;1-2H3;/q2*-1;;;+2/b12-7+,14-8+;;;;. The molecule has 4 heteroatoms. The second-order valence-corrected chi connectivity index (χ2v) is 6.02. The number of unbranched alkanes of at least 4 members (excludes halogenated alkanes) is 2. The van der Waals surface area contributed by atoms with Gasteiger partial charge in [0.05, 0.1) is 6.54 Å². The number of allylic oxidation sites excluding steroid dienone is 4.